The average molecular weight is 265 g/mol. The maximum atomic E-state index is 11.8. The molecule has 1 amide bonds. The molecule has 0 aliphatic rings. The van der Waals surface area contributed by atoms with Crippen LogP contribution in [-0.4, -0.2) is 25.2 Å². The summed E-state index contributed by atoms with van der Waals surface area (Å²) < 4.78 is 10.7. The molecular formula is C15H23NO3. The van der Waals surface area contributed by atoms with Crippen molar-refractivity contribution in [3.63, 3.8) is 0 Å². The van der Waals surface area contributed by atoms with E-state index in [9.17, 15) is 4.79 Å². The molecule has 0 radical (unpaired) electrons. The number of ether oxygens (including phenoxy) is 2. The lowest BCUT2D eigenvalue weighted by molar-refractivity contribution is -0.124. The van der Waals surface area contributed by atoms with Gasteiger partial charge in [-0.25, -0.2) is 0 Å². The van der Waals surface area contributed by atoms with Gasteiger partial charge in [0.1, 0.15) is 0 Å². The van der Waals surface area contributed by atoms with E-state index >= 15 is 0 Å². The second-order valence-electron chi connectivity index (χ2n) is 5.23. The van der Waals surface area contributed by atoms with Gasteiger partial charge in [-0.2, -0.15) is 0 Å². The lowest BCUT2D eigenvalue weighted by Gasteiger charge is -2.24. The Morgan fingerprint density at radius 2 is 2.00 bits per heavy atom. The maximum absolute atomic E-state index is 11.8. The number of methoxy groups -OCH3 is 1. The van der Waals surface area contributed by atoms with Crippen LogP contribution in [0.25, 0.3) is 0 Å². The van der Waals surface area contributed by atoms with Crippen LogP contribution >= 0.6 is 0 Å². The minimum absolute atomic E-state index is 0.0111. The zero-order valence-corrected chi connectivity index (χ0v) is 12.4. The quantitative estimate of drug-likeness (QED) is 0.860. The second kappa shape index (κ2) is 6.45. The Bertz CT molecular complexity index is 441. The summed E-state index contributed by atoms with van der Waals surface area (Å²) in [6.45, 7) is 7.96. The SMILES string of the molecule is CCC(C)(C)NC(=O)COc1ccc(C)cc1OC. The lowest BCUT2D eigenvalue weighted by atomic mass is 10.0. The molecule has 0 unspecified atom stereocenters. The van der Waals surface area contributed by atoms with E-state index in [1.165, 1.54) is 0 Å². The van der Waals surface area contributed by atoms with Crippen LogP contribution in [0.2, 0.25) is 0 Å². The number of carbonyl (C=O) groups is 1. The summed E-state index contributed by atoms with van der Waals surface area (Å²) in [6, 6.07) is 5.61. The van der Waals surface area contributed by atoms with E-state index in [0.29, 0.717) is 11.5 Å². The molecule has 0 heterocycles. The number of carbonyl (C=O) groups excluding carboxylic acids is 1. The Balaban J connectivity index is 2.60. The first kappa shape index (κ1) is 15.3. The Kier molecular flexibility index (Phi) is 5.21. The third kappa shape index (κ3) is 4.81. The van der Waals surface area contributed by atoms with Crippen molar-refractivity contribution in [3.05, 3.63) is 23.8 Å². The van der Waals surface area contributed by atoms with Gasteiger partial charge in [0.25, 0.3) is 5.91 Å². The van der Waals surface area contributed by atoms with E-state index in [-0.39, 0.29) is 18.1 Å². The number of nitrogens with one attached hydrogen (secondary N) is 1. The third-order valence-corrected chi connectivity index (χ3v) is 3.04. The zero-order chi connectivity index (χ0) is 14.5. The van der Waals surface area contributed by atoms with E-state index in [1.54, 1.807) is 7.11 Å². The molecule has 0 aliphatic heterocycles. The van der Waals surface area contributed by atoms with Crippen LogP contribution in [0.1, 0.15) is 32.8 Å². The molecule has 1 rings (SSSR count). The van der Waals surface area contributed by atoms with Gasteiger partial charge in [0.05, 0.1) is 7.11 Å². The van der Waals surface area contributed by atoms with Gasteiger partial charge in [0.15, 0.2) is 18.1 Å². The predicted molar refractivity (Wildman–Crippen MR) is 75.7 cm³/mol. The topological polar surface area (TPSA) is 47.6 Å². The van der Waals surface area contributed by atoms with Gasteiger partial charge in [-0.15, -0.1) is 0 Å². The smallest absolute Gasteiger partial charge is 0.258 e. The molecule has 106 valence electrons. The second-order valence-corrected chi connectivity index (χ2v) is 5.23. The monoisotopic (exact) mass is 265 g/mol. The van der Waals surface area contributed by atoms with E-state index in [0.717, 1.165) is 12.0 Å². The summed E-state index contributed by atoms with van der Waals surface area (Å²) in [5.41, 5.74) is 0.874. The summed E-state index contributed by atoms with van der Waals surface area (Å²) in [5.74, 6) is 1.09. The summed E-state index contributed by atoms with van der Waals surface area (Å²) >= 11 is 0. The Labute approximate surface area is 115 Å². The van der Waals surface area contributed by atoms with Crippen LogP contribution in [0, 0.1) is 6.92 Å². The number of aryl methyl sites for hydroxylation is 1. The molecule has 0 aromatic heterocycles. The summed E-state index contributed by atoms with van der Waals surface area (Å²) in [5, 5.41) is 2.92. The fourth-order valence-corrected chi connectivity index (χ4v) is 1.54. The predicted octanol–water partition coefficient (Wildman–Crippen LogP) is 2.69. The largest absolute Gasteiger partial charge is 0.493 e. The molecule has 4 heteroatoms. The highest BCUT2D eigenvalue weighted by Crippen LogP contribution is 2.27. The molecular weight excluding hydrogens is 242 g/mol. The molecule has 0 spiro atoms. The van der Waals surface area contributed by atoms with Crippen LogP contribution in [0.5, 0.6) is 11.5 Å². The Morgan fingerprint density at radius 1 is 1.32 bits per heavy atom. The molecule has 0 fully saturated rings. The normalized spacial score (nSPS) is 11.0. The summed E-state index contributed by atoms with van der Waals surface area (Å²) in [7, 11) is 1.59. The molecule has 0 aliphatic carbocycles. The summed E-state index contributed by atoms with van der Waals surface area (Å²) in [6.07, 6.45) is 0.868. The van der Waals surface area contributed by atoms with Crippen molar-refractivity contribution in [2.45, 2.75) is 39.7 Å². The molecule has 0 saturated heterocycles. The van der Waals surface area contributed by atoms with Gasteiger partial charge in [0.2, 0.25) is 0 Å². The van der Waals surface area contributed by atoms with Crippen molar-refractivity contribution < 1.29 is 14.3 Å². The number of hydrogen-bond acceptors (Lipinski definition) is 3. The van der Waals surface area contributed by atoms with Crippen LogP contribution in [-0.2, 0) is 4.79 Å². The third-order valence-electron chi connectivity index (χ3n) is 3.04. The van der Waals surface area contributed by atoms with Gasteiger partial charge < -0.3 is 14.8 Å². The average Bonchev–Trinajstić information content (AvgIpc) is 2.36. The van der Waals surface area contributed by atoms with Crippen LogP contribution in [0.4, 0.5) is 0 Å². The van der Waals surface area contributed by atoms with Gasteiger partial charge in [-0.1, -0.05) is 13.0 Å². The first-order valence-corrected chi connectivity index (χ1v) is 6.46. The molecule has 19 heavy (non-hydrogen) atoms. The zero-order valence-electron chi connectivity index (χ0n) is 12.4. The van der Waals surface area contributed by atoms with E-state index in [1.807, 2.05) is 45.9 Å². The highest BCUT2D eigenvalue weighted by molar-refractivity contribution is 5.78. The van der Waals surface area contributed by atoms with Crippen LogP contribution in [0.3, 0.4) is 0 Å². The van der Waals surface area contributed by atoms with Crippen molar-refractivity contribution in [1.82, 2.24) is 5.32 Å². The molecule has 4 nitrogen and oxygen atoms in total. The molecule has 1 aromatic rings. The van der Waals surface area contributed by atoms with E-state index < -0.39 is 0 Å². The van der Waals surface area contributed by atoms with Crippen molar-refractivity contribution in [1.29, 1.82) is 0 Å². The Hall–Kier alpha value is -1.71. The first-order valence-electron chi connectivity index (χ1n) is 6.46. The number of hydrogen-bond donors (Lipinski definition) is 1. The van der Waals surface area contributed by atoms with Crippen LogP contribution in [0.15, 0.2) is 18.2 Å². The minimum atomic E-state index is -0.211. The highest BCUT2D eigenvalue weighted by atomic mass is 16.5. The molecule has 1 aromatic carbocycles. The Morgan fingerprint density at radius 3 is 2.58 bits per heavy atom. The highest BCUT2D eigenvalue weighted by Gasteiger charge is 2.18. The maximum Gasteiger partial charge on any atom is 0.258 e. The van der Waals surface area contributed by atoms with Crippen LogP contribution < -0.4 is 14.8 Å². The van der Waals surface area contributed by atoms with Crippen molar-refractivity contribution in [2.75, 3.05) is 13.7 Å². The molecule has 1 N–H and O–H groups in total. The molecule has 0 atom stereocenters. The standard InChI is InChI=1S/C15H23NO3/c1-6-15(3,4)16-14(17)10-19-12-8-7-11(2)9-13(12)18-5/h7-9H,6,10H2,1-5H3,(H,16,17). The van der Waals surface area contributed by atoms with Gasteiger partial charge in [-0.05, 0) is 44.9 Å². The number of amides is 1. The first-order chi connectivity index (χ1) is 8.88. The fraction of sp³-hybridized carbons (Fsp3) is 0.533. The molecule has 0 bridgehead atoms. The fourth-order valence-electron chi connectivity index (χ4n) is 1.54. The van der Waals surface area contributed by atoms with Crippen molar-refractivity contribution in [3.8, 4) is 11.5 Å². The number of benzene rings is 1. The number of rotatable bonds is 6. The van der Waals surface area contributed by atoms with Gasteiger partial charge >= 0.3 is 0 Å². The van der Waals surface area contributed by atoms with Crippen molar-refractivity contribution in [2.24, 2.45) is 0 Å². The molecule has 0 saturated carbocycles. The van der Waals surface area contributed by atoms with Crippen molar-refractivity contribution >= 4 is 5.91 Å². The van der Waals surface area contributed by atoms with E-state index in [4.69, 9.17) is 9.47 Å². The lowest BCUT2D eigenvalue weighted by Crippen LogP contribution is -2.44. The van der Waals surface area contributed by atoms with Gasteiger partial charge in [0, 0.05) is 5.54 Å². The minimum Gasteiger partial charge on any atom is -0.493 e. The summed E-state index contributed by atoms with van der Waals surface area (Å²) in [4.78, 5) is 11.8. The van der Waals surface area contributed by atoms with Gasteiger partial charge in [-0.3, -0.25) is 4.79 Å². The van der Waals surface area contributed by atoms with E-state index in [2.05, 4.69) is 5.32 Å².